The van der Waals surface area contributed by atoms with Crippen LogP contribution in [0.25, 0.3) is 0 Å². The second kappa shape index (κ2) is 8.00. The predicted octanol–water partition coefficient (Wildman–Crippen LogP) is 5.21. The van der Waals surface area contributed by atoms with Crippen LogP contribution in [0.5, 0.6) is 0 Å². The van der Waals surface area contributed by atoms with Gasteiger partial charge in [-0.15, -0.1) is 0 Å². The molecule has 2 saturated carbocycles. The van der Waals surface area contributed by atoms with Crippen LogP contribution >= 0.6 is 0 Å². The fraction of sp³-hybridized carbons (Fsp3) is 0.538. The van der Waals surface area contributed by atoms with Crippen LogP contribution in [0.3, 0.4) is 0 Å². The third-order valence-corrected chi connectivity index (χ3v) is 8.24. The molecule has 2 aliphatic rings. The molecule has 28 heavy (non-hydrogen) atoms. The van der Waals surface area contributed by atoms with Gasteiger partial charge in [0.2, 0.25) is 0 Å². The molecule has 2 N–H and O–H groups in total. The maximum Gasteiger partial charge on any atom is 0.0214 e. The van der Waals surface area contributed by atoms with E-state index in [0.29, 0.717) is 22.8 Å². The maximum absolute atomic E-state index is 3.90. The Morgan fingerprint density at radius 2 is 1.50 bits per heavy atom. The second-order valence-corrected chi connectivity index (χ2v) is 9.70. The summed E-state index contributed by atoms with van der Waals surface area (Å²) in [7, 11) is 0. The molecule has 0 aromatic heterocycles. The van der Waals surface area contributed by atoms with E-state index in [4.69, 9.17) is 0 Å². The number of hydrogen-bond donors (Lipinski definition) is 2. The molecule has 1 unspecified atom stereocenters. The van der Waals surface area contributed by atoms with Crippen LogP contribution < -0.4 is 10.6 Å². The van der Waals surface area contributed by atoms with E-state index in [9.17, 15) is 0 Å². The summed E-state index contributed by atoms with van der Waals surface area (Å²) >= 11 is 0. The van der Waals surface area contributed by atoms with Crippen LogP contribution in [0, 0.1) is 16.7 Å². The van der Waals surface area contributed by atoms with Crippen LogP contribution in [0.4, 0.5) is 0 Å². The van der Waals surface area contributed by atoms with Crippen LogP contribution in [-0.4, -0.2) is 25.7 Å². The van der Waals surface area contributed by atoms with Gasteiger partial charge < -0.3 is 10.6 Å². The van der Waals surface area contributed by atoms with Crippen molar-refractivity contribution < 1.29 is 0 Å². The van der Waals surface area contributed by atoms with Crippen molar-refractivity contribution in [1.29, 1.82) is 0 Å². The first-order valence-corrected chi connectivity index (χ1v) is 11.1. The minimum absolute atomic E-state index is 0.404. The summed E-state index contributed by atoms with van der Waals surface area (Å²) in [6, 6.07) is 22.4. The van der Waals surface area contributed by atoms with Crippen LogP contribution in [0.1, 0.15) is 57.1 Å². The average molecular weight is 377 g/mol. The van der Waals surface area contributed by atoms with Gasteiger partial charge in [-0.05, 0) is 47.1 Å². The Labute approximate surface area is 171 Å². The van der Waals surface area contributed by atoms with E-state index in [1.165, 1.54) is 30.4 Å². The summed E-state index contributed by atoms with van der Waals surface area (Å²) < 4.78 is 0. The summed E-state index contributed by atoms with van der Waals surface area (Å²) in [6.07, 6.45) is 4.18. The lowest BCUT2D eigenvalue weighted by atomic mass is 9.69. The lowest BCUT2D eigenvalue weighted by Gasteiger charge is -2.39. The first-order chi connectivity index (χ1) is 13.5. The molecule has 2 aliphatic carbocycles. The Hall–Kier alpha value is -1.64. The third-order valence-electron chi connectivity index (χ3n) is 8.24. The van der Waals surface area contributed by atoms with Gasteiger partial charge in [-0.3, -0.25) is 0 Å². The SMILES string of the molecule is CC1(C)C2CC[C@@]1(C)[C@@H](NCCNCC(c1ccccc1)c1ccccc1)C2. The van der Waals surface area contributed by atoms with Gasteiger partial charge in [0.1, 0.15) is 0 Å². The van der Waals surface area contributed by atoms with Crippen molar-refractivity contribution in [2.24, 2.45) is 16.7 Å². The van der Waals surface area contributed by atoms with E-state index < -0.39 is 0 Å². The normalized spacial score (nSPS) is 28.1. The largest absolute Gasteiger partial charge is 0.315 e. The maximum atomic E-state index is 3.90. The lowest BCUT2D eigenvalue weighted by Crippen LogP contribution is -2.46. The van der Waals surface area contributed by atoms with Crippen molar-refractivity contribution in [3.05, 3.63) is 71.8 Å². The van der Waals surface area contributed by atoms with E-state index in [2.05, 4.69) is 92.1 Å². The molecule has 0 spiro atoms. The zero-order valence-corrected chi connectivity index (χ0v) is 17.7. The number of rotatable bonds is 8. The molecule has 2 nitrogen and oxygen atoms in total. The molecule has 2 aromatic rings. The lowest BCUT2D eigenvalue weighted by molar-refractivity contribution is 0.121. The fourth-order valence-electron chi connectivity index (χ4n) is 5.89. The monoisotopic (exact) mass is 376 g/mol. The minimum atomic E-state index is 0.404. The van der Waals surface area contributed by atoms with E-state index >= 15 is 0 Å². The van der Waals surface area contributed by atoms with Crippen molar-refractivity contribution in [1.82, 2.24) is 10.6 Å². The first-order valence-electron chi connectivity index (χ1n) is 11.1. The topological polar surface area (TPSA) is 24.1 Å². The summed E-state index contributed by atoms with van der Waals surface area (Å²) in [5.74, 6) is 1.31. The quantitative estimate of drug-likeness (QED) is 0.618. The molecule has 0 radical (unpaired) electrons. The average Bonchev–Trinajstić information content (AvgIpc) is 3.05. The summed E-state index contributed by atoms with van der Waals surface area (Å²) in [5, 5.41) is 7.62. The molecule has 0 saturated heterocycles. The van der Waals surface area contributed by atoms with Gasteiger partial charge in [0.25, 0.3) is 0 Å². The Bertz CT molecular complexity index is 715. The Kier molecular flexibility index (Phi) is 5.62. The molecule has 3 atom stereocenters. The Morgan fingerprint density at radius 3 is 2.00 bits per heavy atom. The predicted molar refractivity (Wildman–Crippen MR) is 119 cm³/mol. The van der Waals surface area contributed by atoms with Crippen molar-refractivity contribution in [3.63, 3.8) is 0 Å². The van der Waals surface area contributed by atoms with Gasteiger partial charge in [0.15, 0.2) is 0 Å². The molecule has 0 aliphatic heterocycles. The molecule has 2 heteroatoms. The highest BCUT2D eigenvalue weighted by molar-refractivity contribution is 5.32. The van der Waals surface area contributed by atoms with E-state index in [-0.39, 0.29) is 0 Å². The molecule has 2 fully saturated rings. The molecule has 0 heterocycles. The fourth-order valence-corrected chi connectivity index (χ4v) is 5.89. The van der Waals surface area contributed by atoms with E-state index in [1.807, 2.05) is 0 Å². The van der Waals surface area contributed by atoms with Gasteiger partial charge in [-0.2, -0.15) is 0 Å². The first kappa shape index (κ1) is 19.7. The summed E-state index contributed by atoms with van der Waals surface area (Å²) in [4.78, 5) is 0. The third kappa shape index (κ3) is 3.53. The van der Waals surface area contributed by atoms with Crippen molar-refractivity contribution in [2.45, 2.75) is 52.0 Å². The molecule has 0 amide bonds. The Balaban J connectivity index is 1.30. The minimum Gasteiger partial charge on any atom is -0.315 e. The van der Waals surface area contributed by atoms with Crippen LogP contribution in [0.15, 0.2) is 60.7 Å². The molecule has 2 aromatic carbocycles. The van der Waals surface area contributed by atoms with E-state index in [1.54, 1.807) is 0 Å². The smallest absolute Gasteiger partial charge is 0.0214 e. The van der Waals surface area contributed by atoms with Crippen molar-refractivity contribution in [3.8, 4) is 0 Å². The second-order valence-electron chi connectivity index (χ2n) is 9.70. The Morgan fingerprint density at radius 1 is 0.893 bits per heavy atom. The highest BCUT2D eigenvalue weighted by atomic mass is 15.0. The zero-order valence-electron chi connectivity index (χ0n) is 17.7. The molecular formula is C26H36N2. The summed E-state index contributed by atoms with van der Waals surface area (Å²) in [5.41, 5.74) is 3.73. The van der Waals surface area contributed by atoms with Crippen LogP contribution in [0.2, 0.25) is 0 Å². The molecular weight excluding hydrogens is 340 g/mol. The molecule has 2 bridgehead atoms. The highest BCUT2D eigenvalue weighted by Gasteiger charge is 2.60. The number of fused-ring (bicyclic) bond motifs is 2. The van der Waals surface area contributed by atoms with Gasteiger partial charge in [-0.25, -0.2) is 0 Å². The van der Waals surface area contributed by atoms with Gasteiger partial charge in [0, 0.05) is 31.6 Å². The van der Waals surface area contributed by atoms with E-state index in [0.717, 1.165) is 25.6 Å². The standard InChI is InChI=1S/C26H36N2/c1-25(2)22-14-15-26(25,3)24(18-22)28-17-16-27-19-23(20-10-6-4-7-11-20)21-12-8-5-9-13-21/h4-13,22-24,27-28H,14-19H2,1-3H3/t22?,24-,26-/m0/s1. The van der Waals surface area contributed by atoms with Gasteiger partial charge in [0.05, 0.1) is 0 Å². The molecule has 4 rings (SSSR count). The van der Waals surface area contributed by atoms with Gasteiger partial charge >= 0.3 is 0 Å². The van der Waals surface area contributed by atoms with Crippen molar-refractivity contribution >= 4 is 0 Å². The highest BCUT2D eigenvalue weighted by Crippen LogP contribution is 2.65. The summed E-state index contributed by atoms with van der Waals surface area (Å²) in [6.45, 7) is 10.6. The number of hydrogen-bond acceptors (Lipinski definition) is 2. The number of benzene rings is 2. The van der Waals surface area contributed by atoms with Gasteiger partial charge in [-0.1, -0.05) is 81.4 Å². The number of nitrogens with one attached hydrogen (secondary N) is 2. The zero-order chi connectivity index (χ0) is 19.6. The molecule has 150 valence electrons. The van der Waals surface area contributed by atoms with Crippen molar-refractivity contribution in [2.75, 3.05) is 19.6 Å². The van der Waals surface area contributed by atoms with Crippen LogP contribution in [-0.2, 0) is 0 Å².